The van der Waals surface area contributed by atoms with E-state index in [4.69, 9.17) is 0 Å². The first-order valence-electron chi connectivity index (χ1n) is 19.3. The molecule has 0 saturated carbocycles. The van der Waals surface area contributed by atoms with Crippen molar-refractivity contribution in [3.63, 3.8) is 0 Å². The van der Waals surface area contributed by atoms with Crippen molar-refractivity contribution >= 4 is 43.6 Å². The number of rotatable bonds is 6. The Morgan fingerprint density at radius 3 is 1.21 bits per heavy atom. The second-order valence-electron chi connectivity index (χ2n) is 14.5. The molecule has 262 valence electrons. The Hall–Kier alpha value is -7.42. The van der Waals surface area contributed by atoms with Crippen molar-refractivity contribution in [2.45, 2.75) is 0 Å². The minimum Gasteiger partial charge on any atom is -0.309 e. The summed E-state index contributed by atoms with van der Waals surface area (Å²) in [6.07, 6.45) is 0. The van der Waals surface area contributed by atoms with Crippen LogP contribution in [0.5, 0.6) is 0 Å². The van der Waals surface area contributed by atoms with Crippen molar-refractivity contribution in [3.8, 4) is 55.9 Å². The maximum Gasteiger partial charge on any atom is 0.0620 e. The van der Waals surface area contributed by atoms with Gasteiger partial charge in [-0.05, 0) is 64.2 Å². The molecule has 11 aromatic rings. The van der Waals surface area contributed by atoms with Gasteiger partial charge in [0.1, 0.15) is 0 Å². The van der Waals surface area contributed by atoms with E-state index in [9.17, 15) is 0 Å². The fraction of sp³-hybridized carbons (Fsp3) is 0. The van der Waals surface area contributed by atoms with Gasteiger partial charge in [-0.1, -0.05) is 182 Å². The van der Waals surface area contributed by atoms with Crippen LogP contribution in [0, 0.1) is 0 Å². The molecule has 0 unspecified atom stereocenters. The van der Waals surface area contributed by atoms with Gasteiger partial charge in [0.2, 0.25) is 0 Å². The number of aromatic nitrogens is 2. The summed E-state index contributed by atoms with van der Waals surface area (Å²) < 4.78 is 5.00. The van der Waals surface area contributed by atoms with Crippen LogP contribution in [0.1, 0.15) is 0 Å². The second kappa shape index (κ2) is 13.2. The molecule has 0 saturated heterocycles. The highest BCUT2D eigenvalue weighted by Gasteiger charge is 2.23. The predicted octanol–water partition coefficient (Wildman–Crippen LogP) is 14.5. The topological polar surface area (TPSA) is 9.86 Å². The van der Waals surface area contributed by atoms with Gasteiger partial charge in [0.15, 0.2) is 0 Å². The Kier molecular flexibility index (Phi) is 7.53. The Bertz CT molecular complexity index is 3150. The van der Waals surface area contributed by atoms with Gasteiger partial charge in [-0.3, -0.25) is 0 Å². The Labute approximate surface area is 325 Å². The van der Waals surface area contributed by atoms with Gasteiger partial charge in [0.25, 0.3) is 0 Å². The molecule has 0 aliphatic carbocycles. The first-order chi connectivity index (χ1) is 27.8. The number of para-hydroxylation sites is 5. The van der Waals surface area contributed by atoms with Crippen LogP contribution in [0.3, 0.4) is 0 Å². The van der Waals surface area contributed by atoms with E-state index in [-0.39, 0.29) is 0 Å². The number of hydrogen-bond donors (Lipinski definition) is 0. The average molecular weight is 713 g/mol. The van der Waals surface area contributed by atoms with Crippen LogP contribution in [0.4, 0.5) is 0 Å². The Morgan fingerprint density at radius 1 is 0.232 bits per heavy atom. The summed E-state index contributed by atoms with van der Waals surface area (Å²) in [6.45, 7) is 0. The molecular weight excluding hydrogens is 677 g/mol. The zero-order valence-corrected chi connectivity index (χ0v) is 30.7. The summed E-state index contributed by atoms with van der Waals surface area (Å²) in [5, 5.41) is 4.94. The summed E-state index contributed by atoms with van der Waals surface area (Å²) in [5.74, 6) is 0. The zero-order chi connectivity index (χ0) is 37.0. The highest BCUT2D eigenvalue weighted by molar-refractivity contribution is 6.20. The number of nitrogens with zero attached hydrogens (tertiary/aromatic N) is 2. The third kappa shape index (κ3) is 5.11. The SMILES string of the molecule is c1ccc(-c2cc(-c3ccccc3)cc(-n3c4ccccc4c4cccc(-c5cccc6c7cccc(-c8ccccc8)c7n(-c7ccccc7)c56)c43)c2)cc1. The van der Waals surface area contributed by atoms with Gasteiger partial charge < -0.3 is 9.13 Å². The highest BCUT2D eigenvalue weighted by Crippen LogP contribution is 2.45. The van der Waals surface area contributed by atoms with Crippen molar-refractivity contribution in [1.82, 2.24) is 9.13 Å². The molecule has 0 amide bonds. The lowest BCUT2D eigenvalue weighted by Crippen LogP contribution is -1.99. The molecule has 0 spiro atoms. The van der Waals surface area contributed by atoms with E-state index in [2.05, 4.69) is 228 Å². The zero-order valence-electron chi connectivity index (χ0n) is 30.7. The molecule has 0 N–H and O–H groups in total. The summed E-state index contributed by atoms with van der Waals surface area (Å²) in [5.41, 5.74) is 16.6. The van der Waals surface area contributed by atoms with Crippen LogP contribution in [0.2, 0.25) is 0 Å². The average Bonchev–Trinajstić information content (AvgIpc) is 3.81. The molecule has 2 heteroatoms. The summed E-state index contributed by atoms with van der Waals surface area (Å²) in [7, 11) is 0. The third-order valence-corrected chi connectivity index (χ3v) is 11.3. The van der Waals surface area contributed by atoms with Crippen LogP contribution in [0.15, 0.2) is 218 Å². The molecule has 56 heavy (non-hydrogen) atoms. The minimum absolute atomic E-state index is 1.13. The van der Waals surface area contributed by atoms with E-state index in [1.807, 2.05) is 0 Å². The molecule has 0 radical (unpaired) electrons. The molecule has 2 heterocycles. The summed E-state index contributed by atoms with van der Waals surface area (Å²) in [4.78, 5) is 0. The van der Waals surface area contributed by atoms with Crippen molar-refractivity contribution in [3.05, 3.63) is 218 Å². The second-order valence-corrected chi connectivity index (χ2v) is 14.5. The van der Waals surface area contributed by atoms with E-state index >= 15 is 0 Å². The maximum atomic E-state index is 2.50. The molecule has 2 nitrogen and oxygen atoms in total. The van der Waals surface area contributed by atoms with Crippen LogP contribution < -0.4 is 0 Å². The first-order valence-corrected chi connectivity index (χ1v) is 19.3. The molecule has 0 bridgehead atoms. The monoisotopic (exact) mass is 712 g/mol. The molecule has 0 fully saturated rings. The minimum atomic E-state index is 1.13. The van der Waals surface area contributed by atoms with Gasteiger partial charge in [-0.15, -0.1) is 0 Å². The fourth-order valence-electron chi connectivity index (χ4n) is 8.86. The van der Waals surface area contributed by atoms with Gasteiger partial charge in [-0.25, -0.2) is 0 Å². The van der Waals surface area contributed by atoms with Gasteiger partial charge in [-0.2, -0.15) is 0 Å². The van der Waals surface area contributed by atoms with Crippen molar-refractivity contribution < 1.29 is 0 Å². The summed E-state index contributed by atoms with van der Waals surface area (Å²) in [6, 6.07) is 79.4. The normalized spacial score (nSPS) is 11.6. The first kappa shape index (κ1) is 32.0. The highest BCUT2D eigenvalue weighted by atomic mass is 15.0. The number of fused-ring (bicyclic) bond motifs is 6. The van der Waals surface area contributed by atoms with E-state index in [0.29, 0.717) is 0 Å². The van der Waals surface area contributed by atoms with Crippen LogP contribution in [0.25, 0.3) is 99.5 Å². The third-order valence-electron chi connectivity index (χ3n) is 11.3. The molecule has 2 aromatic heterocycles. The molecule has 0 atom stereocenters. The van der Waals surface area contributed by atoms with E-state index in [1.165, 1.54) is 88.1 Å². The maximum absolute atomic E-state index is 2.50. The fourth-order valence-corrected chi connectivity index (χ4v) is 8.86. The predicted molar refractivity (Wildman–Crippen MR) is 237 cm³/mol. The van der Waals surface area contributed by atoms with Crippen molar-refractivity contribution in [2.24, 2.45) is 0 Å². The molecule has 9 aromatic carbocycles. The molecule has 11 rings (SSSR count). The van der Waals surface area contributed by atoms with Crippen molar-refractivity contribution in [2.75, 3.05) is 0 Å². The Morgan fingerprint density at radius 2 is 0.643 bits per heavy atom. The van der Waals surface area contributed by atoms with Crippen LogP contribution >= 0.6 is 0 Å². The van der Waals surface area contributed by atoms with Gasteiger partial charge in [0.05, 0.1) is 22.1 Å². The number of hydrogen-bond acceptors (Lipinski definition) is 0. The lowest BCUT2D eigenvalue weighted by atomic mass is 9.97. The van der Waals surface area contributed by atoms with Crippen molar-refractivity contribution in [1.29, 1.82) is 0 Å². The molecule has 0 aliphatic rings. The quantitative estimate of drug-likeness (QED) is 0.162. The lowest BCUT2D eigenvalue weighted by Gasteiger charge is -2.17. The number of benzene rings is 9. The van der Waals surface area contributed by atoms with Gasteiger partial charge >= 0.3 is 0 Å². The van der Waals surface area contributed by atoms with E-state index in [1.54, 1.807) is 0 Å². The smallest absolute Gasteiger partial charge is 0.0620 e. The van der Waals surface area contributed by atoms with Crippen LogP contribution in [-0.2, 0) is 0 Å². The summed E-state index contributed by atoms with van der Waals surface area (Å²) >= 11 is 0. The Balaban J connectivity index is 1.27. The van der Waals surface area contributed by atoms with E-state index in [0.717, 1.165) is 11.4 Å². The van der Waals surface area contributed by atoms with Gasteiger partial charge in [0, 0.05) is 49.6 Å². The molecular formula is C54H36N2. The van der Waals surface area contributed by atoms with Crippen LogP contribution in [-0.4, -0.2) is 9.13 Å². The standard InChI is InChI=1S/C54H36N2/c1-5-18-37(19-6-1)40-34-41(38-20-7-2-8-21-38)36-43(35-40)55-51-33-14-13-26-45(51)46-28-16-30-48(53(46)55)50-32-17-31-49-47-29-15-27-44(39-22-9-3-10-23-39)52(47)56(54(49)50)42-24-11-4-12-25-42/h1-36H. The van der Waals surface area contributed by atoms with E-state index < -0.39 is 0 Å². The molecule has 0 aliphatic heterocycles. The lowest BCUT2D eigenvalue weighted by molar-refractivity contribution is 1.17. The largest absolute Gasteiger partial charge is 0.309 e.